The first-order valence-corrected chi connectivity index (χ1v) is 11.4. The van der Waals surface area contributed by atoms with Crippen LogP contribution in [-0.4, -0.2) is 35.7 Å². The number of fused-ring (bicyclic) bond motifs is 3. The first-order valence-electron chi connectivity index (χ1n) is 10.4. The maximum absolute atomic E-state index is 11.6. The standard InChI is InChI=1S/C24H24IN3O2/c1-30-22(29)13-16-4-2-5-18(12-16)27-10-8-17(9-11-27)24-23-19(6-3-7-20(23)25)21-14-26-15-28(21)24/h2-7,12,14-15,17,24H,8-11,13H2,1H3. The Morgan fingerprint density at radius 1 is 1.20 bits per heavy atom. The first-order chi connectivity index (χ1) is 14.7. The number of benzene rings is 2. The van der Waals surface area contributed by atoms with Crippen molar-refractivity contribution in [1.82, 2.24) is 9.55 Å². The number of piperidine rings is 1. The van der Waals surface area contributed by atoms with Gasteiger partial charge in [0.2, 0.25) is 0 Å². The van der Waals surface area contributed by atoms with Gasteiger partial charge in [-0.3, -0.25) is 4.79 Å². The minimum atomic E-state index is -0.198. The van der Waals surface area contributed by atoms with E-state index in [1.54, 1.807) is 0 Å². The Morgan fingerprint density at radius 3 is 2.80 bits per heavy atom. The molecular formula is C24H24IN3O2. The van der Waals surface area contributed by atoms with Crippen molar-refractivity contribution in [2.45, 2.75) is 25.3 Å². The lowest BCUT2D eigenvalue weighted by Crippen LogP contribution is -2.36. The molecular weight excluding hydrogens is 489 g/mol. The van der Waals surface area contributed by atoms with Gasteiger partial charge in [-0.15, -0.1) is 0 Å². The minimum Gasteiger partial charge on any atom is -0.469 e. The van der Waals surface area contributed by atoms with Crippen molar-refractivity contribution < 1.29 is 9.53 Å². The largest absolute Gasteiger partial charge is 0.469 e. The maximum Gasteiger partial charge on any atom is 0.309 e. The molecule has 1 saturated heterocycles. The van der Waals surface area contributed by atoms with Gasteiger partial charge in [-0.1, -0.05) is 24.3 Å². The number of rotatable bonds is 4. The van der Waals surface area contributed by atoms with E-state index in [2.05, 4.69) is 67.4 Å². The van der Waals surface area contributed by atoms with Crippen molar-refractivity contribution in [3.8, 4) is 11.3 Å². The predicted octanol–water partition coefficient (Wildman–Crippen LogP) is 4.69. The lowest BCUT2D eigenvalue weighted by Gasteiger charge is -2.37. The number of halogens is 1. The van der Waals surface area contributed by atoms with E-state index >= 15 is 0 Å². The van der Waals surface area contributed by atoms with Crippen LogP contribution >= 0.6 is 22.6 Å². The Labute approximate surface area is 190 Å². The molecule has 1 atom stereocenters. The van der Waals surface area contributed by atoms with E-state index in [1.165, 1.54) is 33.2 Å². The maximum atomic E-state index is 11.6. The molecule has 6 heteroatoms. The summed E-state index contributed by atoms with van der Waals surface area (Å²) in [7, 11) is 1.44. The van der Waals surface area contributed by atoms with Crippen LogP contribution in [0.4, 0.5) is 5.69 Å². The van der Waals surface area contributed by atoms with Crippen LogP contribution < -0.4 is 4.90 Å². The summed E-state index contributed by atoms with van der Waals surface area (Å²) < 4.78 is 8.53. The fourth-order valence-electron chi connectivity index (χ4n) is 4.97. The van der Waals surface area contributed by atoms with Crippen molar-refractivity contribution in [2.24, 2.45) is 5.92 Å². The summed E-state index contributed by atoms with van der Waals surface area (Å²) in [6.07, 6.45) is 6.58. The summed E-state index contributed by atoms with van der Waals surface area (Å²) in [5.74, 6) is 0.390. The van der Waals surface area contributed by atoms with Crippen LogP contribution in [0, 0.1) is 9.49 Å². The van der Waals surface area contributed by atoms with Gasteiger partial charge in [0.15, 0.2) is 0 Å². The van der Waals surface area contributed by atoms with Gasteiger partial charge in [0.1, 0.15) is 0 Å². The van der Waals surface area contributed by atoms with Crippen molar-refractivity contribution in [1.29, 1.82) is 0 Å². The monoisotopic (exact) mass is 513 g/mol. The molecule has 0 aliphatic carbocycles. The third kappa shape index (κ3) is 3.41. The number of methoxy groups -OCH3 is 1. The van der Waals surface area contributed by atoms with E-state index in [9.17, 15) is 4.79 Å². The van der Waals surface area contributed by atoms with Gasteiger partial charge in [0.25, 0.3) is 0 Å². The molecule has 1 unspecified atom stereocenters. The molecule has 30 heavy (non-hydrogen) atoms. The van der Waals surface area contributed by atoms with Crippen LogP contribution in [0.1, 0.15) is 30.0 Å². The van der Waals surface area contributed by atoms with E-state index in [0.717, 1.165) is 31.5 Å². The molecule has 5 nitrogen and oxygen atoms in total. The molecule has 3 heterocycles. The molecule has 0 amide bonds. The average molecular weight is 513 g/mol. The molecule has 2 aliphatic rings. The van der Waals surface area contributed by atoms with Crippen molar-refractivity contribution >= 4 is 34.2 Å². The van der Waals surface area contributed by atoms with Crippen molar-refractivity contribution in [3.63, 3.8) is 0 Å². The topological polar surface area (TPSA) is 47.4 Å². The van der Waals surface area contributed by atoms with E-state index in [4.69, 9.17) is 4.74 Å². The average Bonchev–Trinajstić information content (AvgIpc) is 3.36. The molecule has 0 saturated carbocycles. The number of aromatic nitrogens is 2. The summed E-state index contributed by atoms with van der Waals surface area (Å²) in [4.78, 5) is 18.5. The van der Waals surface area contributed by atoms with Gasteiger partial charge in [-0.25, -0.2) is 4.98 Å². The fraction of sp³-hybridized carbons (Fsp3) is 0.333. The molecule has 2 aromatic carbocycles. The van der Waals surface area contributed by atoms with E-state index < -0.39 is 0 Å². The molecule has 154 valence electrons. The highest BCUT2D eigenvalue weighted by atomic mass is 127. The van der Waals surface area contributed by atoms with Gasteiger partial charge in [-0.2, -0.15) is 0 Å². The van der Waals surface area contributed by atoms with Crippen LogP contribution in [0.15, 0.2) is 55.0 Å². The number of hydrogen-bond acceptors (Lipinski definition) is 4. The second kappa shape index (κ2) is 8.06. The summed E-state index contributed by atoms with van der Waals surface area (Å²) in [6.45, 7) is 2.04. The Bertz CT molecular complexity index is 1090. The number of anilines is 1. The third-order valence-corrected chi connectivity index (χ3v) is 7.37. The Balaban J connectivity index is 1.34. The van der Waals surface area contributed by atoms with Crippen LogP contribution in [0.5, 0.6) is 0 Å². The normalized spacial score (nSPS) is 18.2. The molecule has 0 bridgehead atoms. The van der Waals surface area contributed by atoms with Crippen LogP contribution in [0.25, 0.3) is 11.3 Å². The second-order valence-corrected chi connectivity index (χ2v) is 9.24. The number of carbonyl (C=O) groups excluding carboxylic acids is 1. The zero-order valence-electron chi connectivity index (χ0n) is 16.9. The van der Waals surface area contributed by atoms with E-state index in [-0.39, 0.29) is 5.97 Å². The minimum absolute atomic E-state index is 0.198. The van der Waals surface area contributed by atoms with Crippen LogP contribution in [0.2, 0.25) is 0 Å². The molecule has 5 rings (SSSR count). The quantitative estimate of drug-likeness (QED) is 0.375. The summed E-state index contributed by atoms with van der Waals surface area (Å²) in [5, 5.41) is 0. The number of nitrogens with zero attached hydrogens (tertiary/aromatic N) is 3. The lowest BCUT2D eigenvalue weighted by molar-refractivity contribution is -0.139. The van der Waals surface area contributed by atoms with E-state index in [0.29, 0.717) is 18.4 Å². The predicted molar refractivity (Wildman–Crippen MR) is 126 cm³/mol. The fourth-order valence-corrected chi connectivity index (χ4v) is 5.79. The van der Waals surface area contributed by atoms with Crippen molar-refractivity contribution in [2.75, 3.05) is 25.1 Å². The molecule has 0 radical (unpaired) electrons. The number of carbonyl (C=O) groups is 1. The molecule has 3 aromatic rings. The number of hydrogen-bond donors (Lipinski definition) is 0. The Morgan fingerprint density at radius 2 is 2.00 bits per heavy atom. The highest BCUT2D eigenvalue weighted by Gasteiger charge is 2.37. The zero-order valence-corrected chi connectivity index (χ0v) is 19.1. The highest BCUT2D eigenvalue weighted by Crippen LogP contribution is 2.47. The van der Waals surface area contributed by atoms with Gasteiger partial charge < -0.3 is 14.2 Å². The molecule has 1 fully saturated rings. The Hall–Kier alpha value is -2.35. The molecule has 0 spiro atoms. The first kappa shape index (κ1) is 19.6. The van der Waals surface area contributed by atoms with Crippen LogP contribution in [-0.2, 0) is 16.0 Å². The smallest absolute Gasteiger partial charge is 0.309 e. The summed E-state index contributed by atoms with van der Waals surface area (Å²) in [5.41, 5.74) is 6.24. The second-order valence-electron chi connectivity index (χ2n) is 8.08. The third-order valence-electron chi connectivity index (χ3n) is 6.43. The number of ether oxygens (including phenoxy) is 1. The van der Waals surface area contributed by atoms with Gasteiger partial charge in [-0.05, 0) is 70.7 Å². The molecule has 1 aromatic heterocycles. The van der Waals surface area contributed by atoms with Gasteiger partial charge in [0, 0.05) is 27.9 Å². The Kier molecular flexibility index (Phi) is 5.26. The number of esters is 1. The molecule has 0 N–H and O–H groups in total. The highest BCUT2D eigenvalue weighted by molar-refractivity contribution is 14.1. The lowest BCUT2D eigenvalue weighted by atomic mass is 9.85. The molecule has 2 aliphatic heterocycles. The van der Waals surface area contributed by atoms with E-state index in [1.807, 2.05) is 24.7 Å². The SMILES string of the molecule is COC(=O)Cc1cccc(N2CCC(C3c4c(I)cccc4-c4cncn43)CC2)c1. The van der Waals surface area contributed by atoms with Crippen LogP contribution in [0.3, 0.4) is 0 Å². The summed E-state index contributed by atoms with van der Waals surface area (Å²) >= 11 is 2.48. The van der Waals surface area contributed by atoms with Gasteiger partial charge in [0.05, 0.1) is 37.8 Å². The van der Waals surface area contributed by atoms with Crippen molar-refractivity contribution in [3.05, 3.63) is 69.7 Å². The summed E-state index contributed by atoms with van der Waals surface area (Å²) in [6, 6.07) is 15.3. The van der Waals surface area contributed by atoms with Gasteiger partial charge >= 0.3 is 5.97 Å². The number of imidazole rings is 1. The zero-order chi connectivity index (χ0) is 20.7.